The molecule has 1 saturated carbocycles. The predicted octanol–water partition coefficient (Wildman–Crippen LogP) is 2.72. The molecule has 1 aliphatic carbocycles. The first-order chi connectivity index (χ1) is 6.74. The Bertz CT molecular complexity index is 171. The van der Waals surface area contributed by atoms with E-state index in [9.17, 15) is 0 Å². The summed E-state index contributed by atoms with van der Waals surface area (Å²) < 4.78 is 0. The summed E-state index contributed by atoms with van der Waals surface area (Å²) in [6, 6.07) is 0.676. The molecule has 0 amide bonds. The Labute approximate surface area is 88.4 Å². The van der Waals surface area contributed by atoms with Crippen molar-refractivity contribution < 1.29 is 0 Å². The van der Waals surface area contributed by atoms with E-state index < -0.39 is 0 Å². The van der Waals surface area contributed by atoms with Crippen LogP contribution in [0.15, 0.2) is 12.4 Å². The van der Waals surface area contributed by atoms with Gasteiger partial charge in [0.2, 0.25) is 0 Å². The van der Waals surface area contributed by atoms with Crippen LogP contribution in [-0.2, 0) is 0 Å². The highest BCUT2D eigenvalue weighted by atomic mass is 15.2. The van der Waals surface area contributed by atoms with Gasteiger partial charge in [-0.3, -0.25) is 0 Å². The predicted molar refractivity (Wildman–Crippen MR) is 62.1 cm³/mol. The van der Waals surface area contributed by atoms with Crippen molar-refractivity contribution >= 4 is 0 Å². The van der Waals surface area contributed by atoms with Crippen LogP contribution >= 0.6 is 0 Å². The molecule has 2 nitrogen and oxygen atoms in total. The van der Waals surface area contributed by atoms with E-state index in [1.807, 2.05) is 0 Å². The van der Waals surface area contributed by atoms with Crippen molar-refractivity contribution in [1.82, 2.24) is 10.2 Å². The lowest BCUT2D eigenvalue weighted by Crippen LogP contribution is -2.36. The first kappa shape index (κ1) is 11.4. The zero-order valence-corrected chi connectivity index (χ0v) is 9.68. The van der Waals surface area contributed by atoms with Gasteiger partial charge in [-0.2, -0.15) is 0 Å². The number of nitrogens with zero attached hydrogens (tertiary/aromatic N) is 1. The zero-order chi connectivity index (χ0) is 10.4. The molecule has 1 fully saturated rings. The van der Waals surface area contributed by atoms with Crippen molar-refractivity contribution in [3.05, 3.63) is 12.4 Å². The van der Waals surface area contributed by atoms with Crippen LogP contribution in [0.3, 0.4) is 0 Å². The van der Waals surface area contributed by atoms with Gasteiger partial charge in [-0.1, -0.05) is 32.8 Å². The monoisotopic (exact) mass is 196 g/mol. The van der Waals surface area contributed by atoms with Crippen molar-refractivity contribution in [3.63, 3.8) is 0 Å². The Morgan fingerprint density at radius 3 is 2.57 bits per heavy atom. The maximum Gasteiger partial charge on any atom is 0.0938 e. The minimum atomic E-state index is 0.676. The van der Waals surface area contributed by atoms with Gasteiger partial charge < -0.3 is 10.2 Å². The molecule has 2 heteroatoms. The van der Waals surface area contributed by atoms with Crippen LogP contribution in [0.4, 0.5) is 0 Å². The molecule has 0 bridgehead atoms. The largest absolute Gasteiger partial charge is 0.370 e. The van der Waals surface area contributed by atoms with Gasteiger partial charge in [-0.05, 0) is 19.3 Å². The Balaban J connectivity index is 2.24. The van der Waals surface area contributed by atoms with Gasteiger partial charge in [0.1, 0.15) is 0 Å². The molecule has 0 atom stereocenters. The van der Waals surface area contributed by atoms with E-state index in [4.69, 9.17) is 0 Å². The molecule has 0 aliphatic heterocycles. The van der Waals surface area contributed by atoms with Gasteiger partial charge in [0.25, 0.3) is 0 Å². The van der Waals surface area contributed by atoms with Gasteiger partial charge in [0, 0.05) is 19.6 Å². The summed E-state index contributed by atoms with van der Waals surface area (Å²) in [6.07, 6.45) is 7.99. The molecule has 14 heavy (non-hydrogen) atoms. The van der Waals surface area contributed by atoms with Crippen LogP contribution in [0.5, 0.6) is 0 Å². The van der Waals surface area contributed by atoms with E-state index in [-0.39, 0.29) is 0 Å². The molecule has 1 aliphatic rings. The van der Waals surface area contributed by atoms with Gasteiger partial charge in [0.05, 0.1) is 5.82 Å². The van der Waals surface area contributed by atoms with Crippen molar-refractivity contribution in [2.75, 3.05) is 13.6 Å². The van der Waals surface area contributed by atoms with Crippen LogP contribution in [0.25, 0.3) is 0 Å². The summed E-state index contributed by atoms with van der Waals surface area (Å²) in [5, 5.41) is 3.53. The van der Waals surface area contributed by atoms with E-state index in [0.29, 0.717) is 6.04 Å². The zero-order valence-electron chi connectivity index (χ0n) is 9.68. The Morgan fingerprint density at radius 1 is 1.36 bits per heavy atom. The highest BCUT2D eigenvalue weighted by Gasteiger charge is 2.14. The minimum Gasteiger partial charge on any atom is -0.370 e. The van der Waals surface area contributed by atoms with Crippen molar-refractivity contribution in [2.24, 2.45) is 0 Å². The molecule has 0 heterocycles. The quantitative estimate of drug-likeness (QED) is 0.727. The molecule has 0 radical (unpaired) electrons. The summed E-state index contributed by atoms with van der Waals surface area (Å²) >= 11 is 0. The lowest BCUT2D eigenvalue weighted by molar-refractivity contribution is 0.327. The number of hydrogen-bond acceptors (Lipinski definition) is 2. The minimum absolute atomic E-state index is 0.676. The highest BCUT2D eigenvalue weighted by molar-refractivity contribution is 4.92. The molecule has 0 aromatic heterocycles. The second kappa shape index (κ2) is 5.94. The van der Waals surface area contributed by atoms with E-state index in [1.54, 1.807) is 0 Å². The Morgan fingerprint density at radius 2 is 2.00 bits per heavy atom. The summed E-state index contributed by atoms with van der Waals surface area (Å²) in [4.78, 5) is 2.22. The Kier molecular flexibility index (Phi) is 4.85. The number of nitrogens with one attached hydrogen (secondary N) is 1. The van der Waals surface area contributed by atoms with Gasteiger partial charge >= 0.3 is 0 Å². The van der Waals surface area contributed by atoms with Crippen molar-refractivity contribution in [3.8, 4) is 0 Å². The van der Waals surface area contributed by atoms with Gasteiger partial charge in [-0.25, -0.2) is 0 Å². The van der Waals surface area contributed by atoms with Crippen molar-refractivity contribution in [1.29, 1.82) is 0 Å². The van der Waals surface area contributed by atoms with E-state index >= 15 is 0 Å². The molecular formula is C12H24N2. The van der Waals surface area contributed by atoms with Crippen LogP contribution in [0.2, 0.25) is 0 Å². The van der Waals surface area contributed by atoms with Gasteiger partial charge in [0.15, 0.2) is 0 Å². The third-order valence-electron chi connectivity index (χ3n) is 3.00. The van der Waals surface area contributed by atoms with E-state index in [0.717, 1.165) is 12.4 Å². The summed E-state index contributed by atoms with van der Waals surface area (Å²) in [6.45, 7) is 7.38. The second-order valence-electron chi connectivity index (χ2n) is 4.35. The van der Waals surface area contributed by atoms with E-state index in [1.165, 1.54) is 38.5 Å². The summed E-state index contributed by atoms with van der Waals surface area (Å²) in [5.41, 5.74) is 0. The van der Waals surface area contributed by atoms with Gasteiger partial charge in [-0.15, -0.1) is 0 Å². The third kappa shape index (κ3) is 3.60. The fourth-order valence-corrected chi connectivity index (χ4v) is 2.06. The Hall–Kier alpha value is -0.660. The first-order valence-electron chi connectivity index (χ1n) is 5.90. The molecule has 0 aromatic rings. The average Bonchev–Trinajstić information content (AvgIpc) is 2.19. The van der Waals surface area contributed by atoms with E-state index in [2.05, 4.69) is 30.8 Å². The smallest absolute Gasteiger partial charge is 0.0938 e. The molecule has 0 aromatic carbocycles. The number of rotatable bonds is 5. The molecule has 82 valence electrons. The lowest BCUT2D eigenvalue weighted by Gasteiger charge is -2.29. The lowest BCUT2D eigenvalue weighted by atomic mass is 9.95. The average molecular weight is 196 g/mol. The maximum absolute atomic E-state index is 4.08. The van der Waals surface area contributed by atoms with Crippen LogP contribution in [-0.4, -0.2) is 24.5 Å². The fraction of sp³-hybridized carbons (Fsp3) is 0.833. The van der Waals surface area contributed by atoms with Crippen molar-refractivity contribution in [2.45, 2.75) is 51.5 Å². The third-order valence-corrected chi connectivity index (χ3v) is 3.00. The molecule has 1 N–H and O–H groups in total. The second-order valence-corrected chi connectivity index (χ2v) is 4.35. The molecule has 1 rings (SSSR count). The standard InChI is InChI=1S/C12H24N2/c1-4-10-14(3)11(2)13-12-8-6-5-7-9-12/h12-13H,2,4-10H2,1,3H3. The SMILES string of the molecule is C=C(NC1CCCCC1)N(C)CCC. The first-order valence-corrected chi connectivity index (χ1v) is 5.90. The topological polar surface area (TPSA) is 15.3 Å². The molecule has 0 saturated heterocycles. The van der Waals surface area contributed by atoms with Crippen LogP contribution in [0, 0.1) is 0 Å². The fourth-order valence-electron chi connectivity index (χ4n) is 2.06. The highest BCUT2D eigenvalue weighted by Crippen LogP contribution is 2.18. The normalized spacial score (nSPS) is 17.9. The maximum atomic E-state index is 4.08. The molecular weight excluding hydrogens is 172 g/mol. The van der Waals surface area contributed by atoms with Crippen LogP contribution < -0.4 is 5.32 Å². The molecule has 0 unspecified atom stereocenters. The van der Waals surface area contributed by atoms with Crippen LogP contribution in [0.1, 0.15) is 45.4 Å². The number of hydrogen-bond donors (Lipinski definition) is 1. The molecule has 0 spiro atoms. The summed E-state index contributed by atoms with van der Waals surface area (Å²) in [5.74, 6) is 1.10. The summed E-state index contributed by atoms with van der Waals surface area (Å²) in [7, 11) is 2.11.